The van der Waals surface area contributed by atoms with E-state index in [1.165, 1.54) is 5.56 Å². The Hall–Kier alpha value is -2.08. The summed E-state index contributed by atoms with van der Waals surface area (Å²) >= 11 is 1.65. The molecule has 3 aromatic rings. The number of nitrogens with two attached hydrogens (primary N) is 1. The monoisotopic (exact) mass is 336 g/mol. The minimum absolute atomic E-state index is 0.182. The van der Waals surface area contributed by atoms with Gasteiger partial charge >= 0.3 is 0 Å². The van der Waals surface area contributed by atoms with Crippen molar-refractivity contribution in [2.24, 2.45) is 5.73 Å². The van der Waals surface area contributed by atoms with E-state index in [-0.39, 0.29) is 6.04 Å². The average molecular weight is 336 g/mol. The van der Waals surface area contributed by atoms with Crippen LogP contribution in [0.25, 0.3) is 10.7 Å². The van der Waals surface area contributed by atoms with Crippen LogP contribution in [0.5, 0.6) is 0 Å². The number of hydrogen-bond donors (Lipinski definition) is 1. The van der Waals surface area contributed by atoms with Gasteiger partial charge in [-0.2, -0.15) is 0 Å². The lowest BCUT2D eigenvalue weighted by molar-refractivity contribution is 0.320. The molecule has 122 valence electrons. The zero-order valence-electron chi connectivity index (χ0n) is 13.4. The molecule has 0 aliphatic carbocycles. The van der Waals surface area contributed by atoms with Crippen LogP contribution in [0.4, 0.5) is 0 Å². The fourth-order valence-corrected chi connectivity index (χ4v) is 4.10. The van der Waals surface area contributed by atoms with Gasteiger partial charge in [0.15, 0.2) is 0 Å². The van der Waals surface area contributed by atoms with Gasteiger partial charge in [0.2, 0.25) is 0 Å². The number of hydrogen-bond acceptors (Lipinski definition) is 5. The van der Waals surface area contributed by atoms with E-state index in [9.17, 15) is 0 Å². The number of pyridine rings is 1. The van der Waals surface area contributed by atoms with Crippen molar-refractivity contribution in [3.63, 3.8) is 0 Å². The third kappa shape index (κ3) is 3.24. The molecule has 1 aromatic carbocycles. The number of benzene rings is 1. The molecular formula is C19H20N4S. The number of likely N-dealkylation sites (tertiary alicyclic amines) is 1. The molecule has 0 saturated carbocycles. The largest absolute Gasteiger partial charge is 0.326 e. The summed E-state index contributed by atoms with van der Waals surface area (Å²) in [5, 5.41) is 3.11. The highest BCUT2D eigenvalue weighted by Crippen LogP contribution is 2.28. The molecule has 0 spiro atoms. The maximum Gasteiger partial charge on any atom is 0.142 e. The first-order valence-electron chi connectivity index (χ1n) is 8.18. The van der Waals surface area contributed by atoms with E-state index in [1.807, 2.05) is 18.2 Å². The highest BCUT2D eigenvalue weighted by Gasteiger charge is 2.31. The van der Waals surface area contributed by atoms with Crippen LogP contribution >= 0.6 is 11.3 Å². The SMILES string of the molecule is N[C@@H]1CN(Cc2csc(-c3ccccn3)n2)C[C@H]1c1ccccc1. The molecule has 0 unspecified atom stereocenters. The van der Waals surface area contributed by atoms with Gasteiger partial charge in [-0.15, -0.1) is 11.3 Å². The van der Waals surface area contributed by atoms with Crippen LogP contribution in [-0.4, -0.2) is 34.0 Å². The summed E-state index contributed by atoms with van der Waals surface area (Å²) in [4.78, 5) is 11.5. The molecule has 0 bridgehead atoms. The molecule has 0 radical (unpaired) electrons. The third-order valence-electron chi connectivity index (χ3n) is 4.49. The first-order chi connectivity index (χ1) is 11.8. The first kappa shape index (κ1) is 15.4. The summed E-state index contributed by atoms with van der Waals surface area (Å²) in [6.45, 7) is 2.75. The van der Waals surface area contributed by atoms with Crippen molar-refractivity contribution in [3.8, 4) is 10.7 Å². The van der Waals surface area contributed by atoms with E-state index in [4.69, 9.17) is 10.7 Å². The second kappa shape index (κ2) is 6.81. The second-order valence-electron chi connectivity index (χ2n) is 6.23. The highest BCUT2D eigenvalue weighted by molar-refractivity contribution is 7.13. The van der Waals surface area contributed by atoms with E-state index in [0.29, 0.717) is 5.92 Å². The smallest absolute Gasteiger partial charge is 0.142 e. The molecule has 1 saturated heterocycles. The van der Waals surface area contributed by atoms with Crippen LogP contribution in [0, 0.1) is 0 Å². The Morgan fingerprint density at radius 3 is 2.71 bits per heavy atom. The molecule has 5 heteroatoms. The molecule has 4 rings (SSSR count). The second-order valence-corrected chi connectivity index (χ2v) is 7.09. The van der Waals surface area contributed by atoms with E-state index in [2.05, 4.69) is 45.6 Å². The Morgan fingerprint density at radius 2 is 1.92 bits per heavy atom. The summed E-state index contributed by atoms with van der Waals surface area (Å²) < 4.78 is 0. The van der Waals surface area contributed by atoms with Crippen molar-refractivity contribution < 1.29 is 0 Å². The van der Waals surface area contributed by atoms with Crippen LogP contribution in [0.15, 0.2) is 60.1 Å². The minimum Gasteiger partial charge on any atom is -0.326 e. The van der Waals surface area contributed by atoms with E-state index < -0.39 is 0 Å². The standard InChI is InChI=1S/C19H20N4S/c20-17-12-23(11-16(17)14-6-2-1-3-7-14)10-15-13-24-19(22-15)18-8-4-5-9-21-18/h1-9,13,16-17H,10-12,20H2/t16-,17+/m0/s1. The lowest BCUT2D eigenvalue weighted by atomic mass is 9.95. The maximum atomic E-state index is 6.38. The summed E-state index contributed by atoms with van der Waals surface area (Å²) in [5.74, 6) is 0.403. The lowest BCUT2D eigenvalue weighted by Gasteiger charge is -2.15. The summed E-state index contributed by atoms with van der Waals surface area (Å²) in [6, 6.07) is 16.7. The van der Waals surface area contributed by atoms with Crippen molar-refractivity contribution in [1.29, 1.82) is 0 Å². The van der Waals surface area contributed by atoms with Gasteiger partial charge in [0.1, 0.15) is 5.01 Å². The first-order valence-corrected chi connectivity index (χ1v) is 9.06. The van der Waals surface area contributed by atoms with Crippen molar-refractivity contribution in [2.45, 2.75) is 18.5 Å². The predicted molar refractivity (Wildman–Crippen MR) is 97.8 cm³/mol. The Balaban J connectivity index is 1.44. The average Bonchev–Trinajstić information content (AvgIpc) is 3.23. The molecular weight excluding hydrogens is 316 g/mol. The number of thiazole rings is 1. The fraction of sp³-hybridized carbons (Fsp3) is 0.263. The Labute approximate surface area is 146 Å². The zero-order valence-corrected chi connectivity index (χ0v) is 14.2. The molecule has 3 heterocycles. The van der Waals surface area contributed by atoms with Crippen molar-refractivity contribution in [1.82, 2.24) is 14.9 Å². The molecule has 2 aromatic heterocycles. The van der Waals surface area contributed by atoms with Gasteiger partial charge < -0.3 is 5.73 Å². The molecule has 0 amide bonds. The van der Waals surface area contributed by atoms with E-state index in [0.717, 1.165) is 36.0 Å². The topological polar surface area (TPSA) is 55.0 Å². The summed E-state index contributed by atoms with van der Waals surface area (Å²) in [5.41, 5.74) is 9.75. The maximum absolute atomic E-state index is 6.38. The number of nitrogens with zero attached hydrogens (tertiary/aromatic N) is 3. The van der Waals surface area contributed by atoms with E-state index >= 15 is 0 Å². The molecule has 1 aliphatic heterocycles. The molecule has 1 aliphatic rings. The molecule has 2 N–H and O–H groups in total. The summed E-state index contributed by atoms with van der Waals surface area (Å²) in [7, 11) is 0. The normalized spacial score (nSPS) is 21.2. The summed E-state index contributed by atoms with van der Waals surface area (Å²) in [6.07, 6.45) is 1.81. The Bertz CT molecular complexity index is 787. The van der Waals surface area contributed by atoms with Crippen LogP contribution < -0.4 is 5.73 Å². The molecule has 1 fully saturated rings. The van der Waals surface area contributed by atoms with Gasteiger partial charge in [0.05, 0.1) is 11.4 Å². The van der Waals surface area contributed by atoms with Crippen LogP contribution in [-0.2, 0) is 6.54 Å². The van der Waals surface area contributed by atoms with Crippen LogP contribution in [0.2, 0.25) is 0 Å². The fourth-order valence-electron chi connectivity index (χ4n) is 3.31. The molecule has 4 nitrogen and oxygen atoms in total. The quantitative estimate of drug-likeness (QED) is 0.795. The van der Waals surface area contributed by atoms with Crippen molar-refractivity contribution in [3.05, 3.63) is 71.4 Å². The predicted octanol–water partition coefficient (Wildman–Crippen LogP) is 3.13. The highest BCUT2D eigenvalue weighted by atomic mass is 32.1. The Kier molecular flexibility index (Phi) is 4.38. The van der Waals surface area contributed by atoms with E-state index in [1.54, 1.807) is 17.5 Å². The zero-order chi connectivity index (χ0) is 16.4. The van der Waals surface area contributed by atoms with Gasteiger partial charge in [-0.05, 0) is 17.7 Å². The minimum atomic E-state index is 0.182. The number of rotatable bonds is 4. The number of aromatic nitrogens is 2. The van der Waals surface area contributed by atoms with Gasteiger partial charge in [0.25, 0.3) is 0 Å². The third-order valence-corrected chi connectivity index (χ3v) is 5.40. The Morgan fingerprint density at radius 1 is 1.08 bits per heavy atom. The van der Waals surface area contributed by atoms with Crippen molar-refractivity contribution in [2.75, 3.05) is 13.1 Å². The van der Waals surface area contributed by atoms with Crippen LogP contribution in [0.3, 0.4) is 0 Å². The van der Waals surface area contributed by atoms with Crippen molar-refractivity contribution >= 4 is 11.3 Å². The van der Waals surface area contributed by atoms with Gasteiger partial charge in [0, 0.05) is 43.2 Å². The van der Waals surface area contributed by atoms with Gasteiger partial charge in [-0.25, -0.2) is 4.98 Å². The van der Waals surface area contributed by atoms with Crippen LogP contribution in [0.1, 0.15) is 17.2 Å². The van der Waals surface area contributed by atoms with Gasteiger partial charge in [-0.3, -0.25) is 9.88 Å². The lowest BCUT2D eigenvalue weighted by Crippen LogP contribution is -2.28. The molecule has 24 heavy (non-hydrogen) atoms. The van der Waals surface area contributed by atoms with Gasteiger partial charge in [-0.1, -0.05) is 36.4 Å². The molecule has 2 atom stereocenters.